The molecule has 2 fully saturated rings. The summed E-state index contributed by atoms with van der Waals surface area (Å²) in [6.45, 7) is 7.60. The number of ether oxygens (including phenoxy) is 1. The second kappa shape index (κ2) is 4.40. The number of nitrogens with zero attached hydrogens (tertiary/aromatic N) is 1. The molecule has 2 unspecified atom stereocenters. The van der Waals surface area contributed by atoms with E-state index in [1.807, 2.05) is 0 Å². The van der Waals surface area contributed by atoms with Gasteiger partial charge in [0, 0.05) is 25.2 Å². The minimum atomic E-state index is 0.171. The molecule has 0 aromatic rings. The standard InChI is InChI=1S/C12H24N2O/c1-10-8-14(9-11(2)15-10)7-6-12(13)4-3-5-12/h10-11H,3-9,13H2,1-2H3. The predicted molar refractivity (Wildman–Crippen MR) is 61.8 cm³/mol. The van der Waals surface area contributed by atoms with Crippen LogP contribution >= 0.6 is 0 Å². The number of hydrogen-bond donors (Lipinski definition) is 1. The molecule has 0 radical (unpaired) electrons. The summed E-state index contributed by atoms with van der Waals surface area (Å²) >= 11 is 0. The highest BCUT2D eigenvalue weighted by molar-refractivity contribution is 4.93. The Kier molecular flexibility index (Phi) is 3.33. The maximum absolute atomic E-state index is 6.23. The summed E-state index contributed by atoms with van der Waals surface area (Å²) in [5.74, 6) is 0. The van der Waals surface area contributed by atoms with Crippen molar-refractivity contribution in [3.8, 4) is 0 Å². The third-order valence-electron chi connectivity index (χ3n) is 3.77. The van der Waals surface area contributed by atoms with E-state index in [2.05, 4.69) is 18.7 Å². The highest BCUT2D eigenvalue weighted by Gasteiger charge is 2.33. The van der Waals surface area contributed by atoms with E-state index in [9.17, 15) is 0 Å². The lowest BCUT2D eigenvalue weighted by molar-refractivity contribution is -0.0700. The summed E-state index contributed by atoms with van der Waals surface area (Å²) in [4.78, 5) is 2.51. The Morgan fingerprint density at radius 3 is 2.33 bits per heavy atom. The number of morpholine rings is 1. The second-order valence-electron chi connectivity index (χ2n) is 5.48. The van der Waals surface area contributed by atoms with Gasteiger partial charge < -0.3 is 10.5 Å². The van der Waals surface area contributed by atoms with Gasteiger partial charge in [0.05, 0.1) is 12.2 Å². The molecule has 1 aliphatic carbocycles. The average Bonchev–Trinajstić information content (AvgIpc) is 2.10. The van der Waals surface area contributed by atoms with Crippen LogP contribution in [0, 0.1) is 0 Å². The minimum Gasteiger partial charge on any atom is -0.373 e. The van der Waals surface area contributed by atoms with Gasteiger partial charge in [-0.1, -0.05) is 0 Å². The Balaban J connectivity index is 1.74. The molecule has 0 aromatic carbocycles. The summed E-state index contributed by atoms with van der Waals surface area (Å²) < 4.78 is 5.72. The lowest BCUT2D eigenvalue weighted by Gasteiger charge is -2.41. The van der Waals surface area contributed by atoms with E-state index < -0.39 is 0 Å². The fourth-order valence-corrected chi connectivity index (χ4v) is 2.73. The molecule has 2 rings (SSSR count). The van der Waals surface area contributed by atoms with Crippen LogP contribution in [-0.4, -0.2) is 42.3 Å². The van der Waals surface area contributed by atoms with Crippen molar-refractivity contribution in [2.45, 2.75) is 57.3 Å². The summed E-state index contributed by atoms with van der Waals surface area (Å²) in [6.07, 6.45) is 5.69. The lowest BCUT2D eigenvalue weighted by Crippen LogP contribution is -2.51. The predicted octanol–water partition coefficient (Wildman–Crippen LogP) is 1.37. The first kappa shape index (κ1) is 11.4. The van der Waals surface area contributed by atoms with Crippen molar-refractivity contribution in [1.82, 2.24) is 4.90 Å². The second-order valence-corrected chi connectivity index (χ2v) is 5.48. The van der Waals surface area contributed by atoms with Crippen molar-refractivity contribution >= 4 is 0 Å². The average molecular weight is 212 g/mol. The van der Waals surface area contributed by atoms with Gasteiger partial charge >= 0.3 is 0 Å². The fourth-order valence-electron chi connectivity index (χ4n) is 2.73. The largest absolute Gasteiger partial charge is 0.373 e. The molecule has 3 heteroatoms. The molecule has 88 valence electrons. The van der Waals surface area contributed by atoms with Crippen molar-refractivity contribution in [1.29, 1.82) is 0 Å². The molecule has 2 atom stereocenters. The van der Waals surface area contributed by atoms with Crippen LogP contribution in [0.25, 0.3) is 0 Å². The highest BCUT2D eigenvalue weighted by Crippen LogP contribution is 2.32. The van der Waals surface area contributed by atoms with E-state index in [0.29, 0.717) is 12.2 Å². The van der Waals surface area contributed by atoms with Crippen LogP contribution in [0.1, 0.15) is 39.5 Å². The van der Waals surface area contributed by atoms with Crippen LogP contribution in [0.15, 0.2) is 0 Å². The smallest absolute Gasteiger partial charge is 0.0678 e. The molecule has 0 bridgehead atoms. The van der Waals surface area contributed by atoms with Gasteiger partial charge in [-0.15, -0.1) is 0 Å². The van der Waals surface area contributed by atoms with Crippen LogP contribution in [0.2, 0.25) is 0 Å². The van der Waals surface area contributed by atoms with Crippen LogP contribution in [-0.2, 0) is 4.74 Å². The Bertz CT molecular complexity index is 206. The first-order valence-electron chi connectivity index (χ1n) is 6.24. The quantitative estimate of drug-likeness (QED) is 0.768. The van der Waals surface area contributed by atoms with Crippen molar-refractivity contribution in [3.05, 3.63) is 0 Å². The van der Waals surface area contributed by atoms with Crippen molar-refractivity contribution in [2.75, 3.05) is 19.6 Å². The maximum Gasteiger partial charge on any atom is 0.0678 e. The van der Waals surface area contributed by atoms with Crippen LogP contribution in [0.4, 0.5) is 0 Å². The number of hydrogen-bond acceptors (Lipinski definition) is 3. The van der Waals surface area contributed by atoms with Crippen LogP contribution in [0.3, 0.4) is 0 Å². The fraction of sp³-hybridized carbons (Fsp3) is 1.00. The third kappa shape index (κ3) is 2.92. The molecular weight excluding hydrogens is 188 g/mol. The van der Waals surface area contributed by atoms with Gasteiger partial charge in [-0.2, -0.15) is 0 Å². The molecule has 1 saturated carbocycles. The maximum atomic E-state index is 6.23. The SMILES string of the molecule is CC1CN(CCC2(N)CCC2)CC(C)O1. The highest BCUT2D eigenvalue weighted by atomic mass is 16.5. The summed E-state index contributed by atoms with van der Waals surface area (Å²) in [5.41, 5.74) is 6.40. The topological polar surface area (TPSA) is 38.5 Å². The Morgan fingerprint density at radius 2 is 1.87 bits per heavy atom. The molecule has 0 amide bonds. The molecule has 2 N–H and O–H groups in total. The van der Waals surface area contributed by atoms with Gasteiger partial charge in [0.15, 0.2) is 0 Å². The molecule has 0 spiro atoms. The Hall–Kier alpha value is -0.120. The zero-order valence-electron chi connectivity index (χ0n) is 10.0. The number of rotatable bonds is 3. The van der Waals surface area contributed by atoms with E-state index in [1.54, 1.807) is 0 Å². The molecule has 2 aliphatic rings. The van der Waals surface area contributed by atoms with E-state index in [-0.39, 0.29) is 5.54 Å². The van der Waals surface area contributed by atoms with Gasteiger partial charge in [0.1, 0.15) is 0 Å². The zero-order valence-corrected chi connectivity index (χ0v) is 10.0. The zero-order chi connectivity index (χ0) is 10.9. The Morgan fingerprint density at radius 1 is 1.27 bits per heavy atom. The molecule has 15 heavy (non-hydrogen) atoms. The van der Waals surface area contributed by atoms with Crippen molar-refractivity contribution < 1.29 is 4.74 Å². The summed E-state index contributed by atoms with van der Waals surface area (Å²) in [6, 6.07) is 0. The van der Waals surface area contributed by atoms with Gasteiger partial charge in [0.25, 0.3) is 0 Å². The first-order chi connectivity index (χ1) is 7.07. The van der Waals surface area contributed by atoms with E-state index in [4.69, 9.17) is 10.5 Å². The van der Waals surface area contributed by atoms with Crippen LogP contribution in [0.5, 0.6) is 0 Å². The lowest BCUT2D eigenvalue weighted by atomic mass is 9.75. The normalized spacial score (nSPS) is 36.2. The van der Waals surface area contributed by atoms with Gasteiger partial charge in [-0.25, -0.2) is 0 Å². The summed E-state index contributed by atoms with van der Waals surface area (Å²) in [7, 11) is 0. The van der Waals surface area contributed by atoms with Gasteiger partial charge in [-0.3, -0.25) is 4.90 Å². The van der Waals surface area contributed by atoms with E-state index in [0.717, 1.165) is 26.1 Å². The molecule has 1 heterocycles. The monoisotopic (exact) mass is 212 g/mol. The van der Waals surface area contributed by atoms with Crippen molar-refractivity contribution in [3.63, 3.8) is 0 Å². The third-order valence-corrected chi connectivity index (χ3v) is 3.77. The molecule has 1 saturated heterocycles. The first-order valence-corrected chi connectivity index (χ1v) is 6.24. The van der Waals surface area contributed by atoms with Gasteiger partial charge in [-0.05, 0) is 39.5 Å². The Labute approximate surface area is 93.0 Å². The van der Waals surface area contributed by atoms with E-state index in [1.165, 1.54) is 19.3 Å². The van der Waals surface area contributed by atoms with Gasteiger partial charge in [0.2, 0.25) is 0 Å². The summed E-state index contributed by atoms with van der Waals surface area (Å²) in [5, 5.41) is 0. The molecular formula is C12H24N2O. The molecule has 3 nitrogen and oxygen atoms in total. The minimum absolute atomic E-state index is 0.171. The molecule has 1 aliphatic heterocycles. The van der Waals surface area contributed by atoms with E-state index >= 15 is 0 Å². The molecule has 0 aromatic heterocycles. The van der Waals surface area contributed by atoms with Crippen molar-refractivity contribution in [2.24, 2.45) is 5.73 Å². The number of nitrogens with two attached hydrogens (primary N) is 1. The van der Waals surface area contributed by atoms with Crippen LogP contribution < -0.4 is 5.73 Å².